The molecule has 0 fully saturated rings. The summed E-state index contributed by atoms with van der Waals surface area (Å²) in [5.41, 5.74) is 0.380. The van der Waals surface area contributed by atoms with E-state index in [2.05, 4.69) is 5.32 Å². The fourth-order valence-corrected chi connectivity index (χ4v) is 1.99. The maximum Gasteiger partial charge on any atom is 0.401 e. The topological polar surface area (TPSA) is 15.3 Å². The highest BCUT2D eigenvalue weighted by molar-refractivity contribution is 5.21. The summed E-state index contributed by atoms with van der Waals surface area (Å²) in [4.78, 5) is 1.12. The second-order valence-electron chi connectivity index (χ2n) is 4.69. The Morgan fingerprint density at radius 2 is 1.70 bits per heavy atom. The third-order valence-electron chi connectivity index (χ3n) is 2.88. The molecule has 0 bridgehead atoms. The maximum atomic E-state index is 13.1. The molecule has 0 saturated carbocycles. The Bertz CT molecular complexity index is 413. The summed E-state index contributed by atoms with van der Waals surface area (Å²) in [6.45, 7) is -0.857. The van der Waals surface area contributed by atoms with Crippen molar-refractivity contribution >= 4 is 0 Å². The summed E-state index contributed by atoms with van der Waals surface area (Å²) in [5.74, 6) is -1.41. The van der Waals surface area contributed by atoms with Crippen molar-refractivity contribution in [2.75, 3.05) is 27.2 Å². The third-order valence-corrected chi connectivity index (χ3v) is 2.88. The Hall–Kier alpha value is -1.21. The van der Waals surface area contributed by atoms with Crippen molar-refractivity contribution in [1.29, 1.82) is 0 Å². The first-order valence-corrected chi connectivity index (χ1v) is 6.10. The number of rotatable bonds is 6. The van der Waals surface area contributed by atoms with Crippen LogP contribution in [0.3, 0.4) is 0 Å². The van der Waals surface area contributed by atoms with E-state index in [9.17, 15) is 22.0 Å². The van der Waals surface area contributed by atoms with Crippen LogP contribution in [0.1, 0.15) is 18.0 Å². The first kappa shape index (κ1) is 16.8. The second kappa shape index (κ2) is 6.99. The zero-order chi connectivity index (χ0) is 15.3. The van der Waals surface area contributed by atoms with Gasteiger partial charge in [-0.2, -0.15) is 13.2 Å². The smallest absolute Gasteiger partial charge is 0.313 e. The van der Waals surface area contributed by atoms with Gasteiger partial charge in [0.15, 0.2) is 0 Å². The Morgan fingerprint density at radius 1 is 1.15 bits per heavy atom. The van der Waals surface area contributed by atoms with Crippen LogP contribution in [0.2, 0.25) is 0 Å². The van der Waals surface area contributed by atoms with E-state index in [4.69, 9.17) is 0 Å². The number of alkyl halides is 3. The molecule has 1 rings (SSSR count). The van der Waals surface area contributed by atoms with Crippen LogP contribution in [0.25, 0.3) is 0 Å². The molecule has 0 aliphatic heterocycles. The van der Waals surface area contributed by atoms with Crippen LogP contribution in [0, 0.1) is 11.6 Å². The van der Waals surface area contributed by atoms with Gasteiger partial charge in [0.2, 0.25) is 0 Å². The standard InChI is InChI=1S/C13H17F5N2/c1-19-12(3-4-20(2)8-13(16,17)18)9-5-10(14)7-11(15)6-9/h5-7,12,19H,3-4,8H2,1-2H3. The molecular formula is C13H17F5N2. The van der Waals surface area contributed by atoms with Gasteiger partial charge in [-0.3, -0.25) is 4.90 Å². The Kier molecular flexibility index (Phi) is 5.88. The molecule has 0 heterocycles. The summed E-state index contributed by atoms with van der Waals surface area (Å²) in [5, 5.41) is 2.85. The van der Waals surface area contributed by atoms with Crippen LogP contribution in [0.15, 0.2) is 18.2 Å². The van der Waals surface area contributed by atoms with Crippen LogP contribution >= 0.6 is 0 Å². The van der Waals surface area contributed by atoms with Gasteiger partial charge in [0.05, 0.1) is 6.54 Å². The SMILES string of the molecule is CNC(CCN(C)CC(F)(F)F)c1cc(F)cc(F)c1. The van der Waals surface area contributed by atoms with E-state index >= 15 is 0 Å². The van der Waals surface area contributed by atoms with Gasteiger partial charge in [-0.1, -0.05) is 0 Å². The van der Waals surface area contributed by atoms with Gasteiger partial charge in [0.1, 0.15) is 11.6 Å². The molecule has 0 aromatic heterocycles. The quantitative estimate of drug-likeness (QED) is 0.812. The number of hydrogen-bond donors (Lipinski definition) is 1. The molecule has 1 atom stereocenters. The van der Waals surface area contributed by atoms with Crippen LogP contribution in [-0.4, -0.2) is 38.3 Å². The Labute approximate surface area is 114 Å². The van der Waals surface area contributed by atoms with Crippen molar-refractivity contribution in [3.63, 3.8) is 0 Å². The molecule has 114 valence electrons. The van der Waals surface area contributed by atoms with E-state index in [0.717, 1.165) is 11.0 Å². The van der Waals surface area contributed by atoms with Gasteiger partial charge in [-0.05, 0) is 44.8 Å². The van der Waals surface area contributed by atoms with E-state index in [1.165, 1.54) is 19.2 Å². The van der Waals surface area contributed by atoms with Gasteiger partial charge in [0.25, 0.3) is 0 Å². The van der Waals surface area contributed by atoms with Crippen LogP contribution in [0.5, 0.6) is 0 Å². The second-order valence-corrected chi connectivity index (χ2v) is 4.69. The highest BCUT2D eigenvalue weighted by Crippen LogP contribution is 2.21. The van der Waals surface area contributed by atoms with Gasteiger partial charge in [-0.15, -0.1) is 0 Å². The van der Waals surface area contributed by atoms with Crippen molar-refractivity contribution in [3.8, 4) is 0 Å². The molecule has 0 aliphatic rings. The molecule has 1 aromatic carbocycles. The number of nitrogens with one attached hydrogen (secondary N) is 1. The minimum absolute atomic E-state index is 0.156. The van der Waals surface area contributed by atoms with Crippen LogP contribution in [-0.2, 0) is 0 Å². The predicted molar refractivity (Wildman–Crippen MR) is 66.3 cm³/mol. The molecule has 1 unspecified atom stereocenters. The summed E-state index contributed by atoms with van der Waals surface area (Å²) in [6.07, 6.45) is -3.94. The minimum Gasteiger partial charge on any atom is -0.313 e. The molecule has 1 N–H and O–H groups in total. The minimum atomic E-state index is -4.26. The van der Waals surface area contributed by atoms with E-state index in [1.54, 1.807) is 7.05 Å². The monoisotopic (exact) mass is 296 g/mol. The molecule has 7 heteroatoms. The van der Waals surface area contributed by atoms with Gasteiger partial charge < -0.3 is 5.32 Å². The highest BCUT2D eigenvalue weighted by atomic mass is 19.4. The lowest BCUT2D eigenvalue weighted by Gasteiger charge is -2.22. The largest absolute Gasteiger partial charge is 0.401 e. The van der Waals surface area contributed by atoms with E-state index in [0.29, 0.717) is 12.0 Å². The zero-order valence-electron chi connectivity index (χ0n) is 11.3. The number of halogens is 5. The van der Waals surface area contributed by atoms with E-state index < -0.39 is 30.4 Å². The van der Waals surface area contributed by atoms with Crippen molar-refractivity contribution in [2.24, 2.45) is 0 Å². The van der Waals surface area contributed by atoms with E-state index in [1.807, 2.05) is 0 Å². The summed E-state index contributed by atoms with van der Waals surface area (Å²) in [6, 6.07) is 2.70. The molecule has 0 spiro atoms. The summed E-state index contributed by atoms with van der Waals surface area (Å²) < 4.78 is 62.8. The van der Waals surface area contributed by atoms with Crippen LogP contribution in [0.4, 0.5) is 22.0 Å². The predicted octanol–water partition coefficient (Wildman–Crippen LogP) is 3.11. The molecule has 0 saturated heterocycles. The normalized spacial score (nSPS) is 13.8. The Morgan fingerprint density at radius 3 is 2.15 bits per heavy atom. The van der Waals surface area contributed by atoms with Crippen molar-refractivity contribution in [2.45, 2.75) is 18.6 Å². The number of nitrogens with zero attached hydrogens (tertiary/aromatic N) is 1. The van der Waals surface area contributed by atoms with Crippen molar-refractivity contribution in [3.05, 3.63) is 35.4 Å². The van der Waals surface area contributed by atoms with Gasteiger partial charge in [-0.25, -0.2) is 8.78 Å². The third kappa shape index (κ3) is 5.83. The number of benzene rings is 1. The average Bonchev–Trinajstić information content (AvgIpc) is 2.25. The average molecular weight is 296 g/mol. The lowest BCUT2D eigenvalue weighted by atomic mass is 10.0. The first-order valence-electron chi connectivity index (χ1n) is 6.10. The fraction of sp³-hybridized carbons (Fsp3) is 0.538. The molecular weight excluding hydrogens is 279 g/mol. The number of hydrogen-bond acceptors (Lipinski definition) is 2. The molecule has 1 aromatic rings. The van der Waals surface area contributed by atoms with Crippen LogP contribution < -0.4 is 5.32 Å². The first-order chi connectivity index (χ1) is 9.21. The van der Waals surface area contributed by atoms with E-state index in [-0.39, 0.29) is 6.54 Å². The molecule has 20 heavy (non-hydrogen) atoms. The molecule has 2 nitrogen and oxygen atoms in total. The lowest BCUT2D eigenvalue weighted by Crippen LogP contribution is -2.33. The van der Waals surface area contributed by atoms with Gasteiger partial charge in [0, 0.05) is 12.1 Å². The van der Waals surface area contributed by atoms with Gasteiger partial charge >= 0.3 is 6.18 Å². The molecule has 0 amide bonds. The summed E-state index contributed by atoms with van der Waals surface area (Å²) >= 11 is 0. The van der Waals surface area contributed by atoms with Crippen molar-refractivity contribution < 1.29 is 22.0 Å². The zero-order valence-corrected chi connectivity index (χ0v) is 11.3. The highest BCUT2D eigenvalue weighted by Gasteiger charge is 2.29. The fourth-order valence-electron chi connectivity index (χ4n) is 1.99. The van der Waals surface area contributed by atoms with Crippen molar-refractivity contribution in [1.82, 2.24) is 10.2 Å². The lowest BCUT2D eigenvalue weighted by molar-refractivity contribution is -0.143. The molecule has 0 radical (unpaired) electrons. The summed E-state index contributed by atoms with van der Waals surface area (Å²) in [7, 11) is 2.95. The maximum absolute atomic E-state index is 13.1. The molecule has 0 aliphatic carbocycles. The Balaban J connectivity index is 2.63.